The molecule has 3 aromatic rings. The average molecular weight is 479 g/mol. The fourth-order valence-electron chi connectivity index (χ4n) is 5.39. The number of pyridine rings is 1. The molecule has 186 valence electrons. The summed E-state index contributed by atoms with van der Waals surface area (Å²) in [6.07, 6.45) is 7.62. The number of fused-ring (bicyclic) bond motifs is 1. The van der Waals surface area contributed by atoms with Crippen molar-refractivity contribution in [1.82, 2.24) is 9.78 Å². The van der Waals surface area contributed by atoms with Gasteiger partial charge in [-0.3, -0.25) is 14.7 Å². The van der Waals surface area contributed by atoms with Crippen LogP contribution in [0.4, 0.5) is 11.4 Å². The van der Waals surface area contributed by atoms with Gasteiger partial charge in [-0.05, 0) is 63.6 Å². The molecule has 3 heterocycles. The molecule has 1 saturated heterocycles. The van der Waals surface area contributed by atoms with Gasteiger partial charge in [0.1, 0.15) is 0 Å². The molecular formula is C27H36N5O3+. The summed E-state index contributed by atoms with van der Waals surface area (Å²) in [7, 11) is 0. The molecule has 2 fully saturated rings. The smallest absolute Gasteiger partial charge is 0.325 e. The monoisotopic (exact) mass is 478 g/mol. The first-order valence-electron chi connectivity index (χ1n) is 12.8. The molecule has 1 amide bonds. The summed E-state index contributed by atoms with van der Waals surface area (Å²) in [5.41, 5.74) is 2.89. The Hall–Kier alpha value is -3.13. The van der Waals surface area contributed by atoms with Crippen molar-refractivity contribution in [2.75, 3.05) is 23.3 Å². The Morgan fingerprint density at radius 3 is 2.60 bits per heavy atom. The highest BCUT2D eigenvalue weighted by Gasteiger charge is 2.31. The molecule has 2 aromatic heterocycles. The van der Waals surface area contributed by atoms with Crippen molar-refractivity contribution in [3.8, 4) is 0 Å². The number of aromatic nitrogens is 3. The number of hydrogen-bond acceptors (Lipinski definition) is 5. The van der Waals surface area contributed by atoms with Crippen molar-refractivity contribution < 1.29 is 19.8 Å². The third-order valence-electron chi connectivity index (χ3n) is 7.56. The van der Waals surface area contributed by atoms with Crippen LogP contribution in [0.2, 0.25) is 0 Å². The summed E-state index contributed by atoms with van der Waals surface area (Å²) in [5.74, 6) is -0.268. The number of carbonyl (C=O) groups excluding carboxylic acids is 1. The van der Waals surface area contributed by atoms with Gasteiger partial charge in [0.2, 0.25) is 5.69 Å². The molecule has 8 nitrogen and oxygen atoms in total. The van der Waals surface area contributed by atoms with Gasteiger partial charge in [0, 0.05) is 47.5 Å². The molecule has 0 radical (unpaired) electrons. The first-order chi connectivity index (χ1) is 16.7. The second kappa shape index (κ2) is 9.15. The van der Waals surface area contributed by atoms with Gasteiger partial charge < -0.3 is 15.3 Å². The summed E-state index contributed by atoms with van der Waals surface area (Å²) in [4.78, 5) is 15.6. The molecule has 8 heteroatoms. The fraction of sp³-hybridized carbons (Fsp3) is 0.519. The standard InChI is InChI=1S/C27H35N5O3/c1-18(2)23-7-6-8-24(32(23)35)26(33)28-22-15-19-17-31(20-9-11-27(3,34)12-10-20)29-21(19)16-25(22)30-13-4-5-14-30/h6-8,15-18,20,34H,4-5,9-14H2,1-3H3,(H-,28,33,35)/p+1. The zero-order valence-electron chi connectivity index (χ0n) is 20.9. The summed E-state index contributed by atoms with van der Waals surface area (Å²) in [5, 5.41) is 29.9. The number of anilines is 2. The van der Waals surface area contributed by atoms with Crippen LogP contribution in [0.15, 0.2) is 36.5 Å². The first-order valence-corrected chi connectivity index (χ1v) is 12.8. The number of nitrogens with one attached hydrogen (secondary N) is 1. The highest BCUT2D eigenvalue weighted by molar-refractivity contribution is 6.05. The van der Waals surface area contributed by atoms with Gasteiger partial charge in [-0.15, -0.1) is 0 Å². The number of carbonyl (C=O) groups is 1. The average Bonchev–Trinajstić information content (AvgIpc) is 3.48. The third-order valence-corrected chi connectivity index (χ3v) is 7.56. The van der Waals surface area contributed by atoms with E-state index < -0.39 is 5.60 Å². The largest absolute Gasteiger partial charge is 0.390 e. The number of rotatable bonds is 5. The maximum absolute atomic E-state index is 13.3. The van der Waals surface area contributed by atoms with E-state index in [1.54, 1.807) is 12.1 Å². The minimum absolute atomic E-state index is 0.0820. The normalized spacial score (nSPS) is 22.8. The lowest BCUT2D eigenvalue weighted by atomic mass is 9.84. The van der Waals surface area contributed by atoms with Gasteiger partial charge in [-0.25, -0.2) is 0 Å². The van der Waals surface area contributed by atoms with Crippen LogP contribution < -0.4 is 14.9 Å². The molecular weight excluding hydrogens is 442 g/mol. The van der Waals surface area contributed by atoms with Gasteiger partial charge in [-0.1, -0.05) is 13.8 Å². The van der Waals surface area contributed by atoms with E-state index >= 15 is 0 Å². The molecule has 2 aliphatic rings. The van der Waals surface area contributed by atoms with E-state index in [-0.39, 0.29) is 23.6 Å². The molecule has 0 bridgehead atoms. The molecule has 0 spiro atoms. The molecule has 3 N–H and O–H groups in total. The van der Waals surface area contributed by atoms with Crippen LogP contribution >= 0.6 is 0 Å². The van der Waals surface area contributed by atoms with E-state index in [9.17, 15) is 15.1 Å². The van der Waals surface area contributed by atoms with Crippen molar-refractivity contribution in [2.45, 2.75) is 76.9 Å². The zero-order chi connectivity index (χ0) is 24.7. The van der Waals surface area contributed by atoms with Crippen LogP contribution in [0.1, 0.15) is 87.4 Å². The van der Waals surface area contributed by atoms with Gasteiger partial charge in [0.25, 0.3) is 0 Å². The van der Waals surface area contributed by atoms with Crippen molar-refractivity contribution in [1.29, 1.82) is 0 Å². The Bertz CT molecular complexity index is 1230. The molecule has 5 rings (SSSR count). The van der Waals surface area contributed by atoms with E-state index in [0.29, 0.717) is 5.69 Å². The number of nitrogens with zero attached hydrogens (tertiary/aromatic N) is 4. The third kappa shape index (κ3) is 4.72. The van der Waals surface area contributed by atoms with E-state index in [1.165, 1.54) is 0 Å². The SMILES string of the molecule is CC(C)c1cccc(C(=O)Nc2cc3cn(C4CCC(C)(O)CC4)nc3cc2N2CCCC2)[n+]1O. The molecule has 1 aliphatic heterocycles. The minimum Gasteiger partial charge on any atom is -0.390 e. The van der Waals surface area contributed by atoms with Crippen LogP contribution in [-0.2, 0) is 0 Å². The second-order valence-electron chi connectivity index (χ2n) is 10.7. The molecule has 35 heavy (non-hydrogen) atoms. The molecule has 1 saturated carbocycles. The number of amides is 1. The van der Waals surface area contributed by atoms with E-state index in [0.717, 1.165) is 78.6 Å². The van der Waals surface area contributed by atoms with E-state index in [4.69, 9.17) is 5.10 Å². The van der Waals surface area contributed by atoms with Crippen LogP contribution in [0, 0.1) is 0 Å². The number of benzene rings is 1. The number of hydrogen-bond donors (Lipinski definition) is 3. The Kier molecular flexibility index (Phi) is 6.17. The minimum atomic E-state index is -0.583. The van der Waals surface area contributed by atoms with E-state index in [1.807, 2.05) is 37.6 Å². The van der Waals surface area contributed by atoms with Crippen molar-refractivity contribution in [3.05, 3.63) is 47.9 Å². The topological polar surface area (TPSA) is 94.5 Å². The first kappa shape index (κ1) is 23.6. The predicted octanol–water partition coefficient (Wildman–Crippen LogP) is 4.40. The van der Waals surface area contributed by atoms with Crippen LogP contribution in [0.25, 0.3) is 10.9 Å². The summed E-state index contributed by atoms with van der Waals surface area (Å²) < 4.78 is 3.02. The van der Waals surface area contributed by atoms with Gasteiger partial charge >= 0.3 is 11.6 Å². The van der Waals surface area contributed by atoms with Crippen LogP contribution in [0.5, 0.6) is 0 Å². The Morgan fingerprint density at radius 1 is 1.20 bits per heavy atom. The molecule has 1 aliphatic carbocycles. The fourth-order valence-corrected chi connectivity index (χ4v) is 5.39. The summed E-state index contributed by atoms with van der Waals surface area (Å²) >= 11 is 0. The predicted molar refractivity (Wildman–Crippen MR) is 135 cm³/mol. The van der Waals surface area contributed by atoms with Crippen molar-refractivity contribution in [2.24, 2.45) is 0 Å². The van der Waals surface area contributed by atoms with Crippen molar-refractivity contribution >= 4 is 28.2 Å². The molecule has 0 atom stereocenters. The molecule has 0 unspecified atom stereocenters. The quantitative estimate of drug-likeness (QED) is 0.373. The van der Waals surface area contributed by atoms with Gasteiger partial charge in [0.05, 0.1) is 28.5 Å². The summed E-state index contributed by atoms with van der Waals surface area (Å²) in [6, 6.07) is 9.59. The van der Waals surface area contributed by atoms with E-state index in [2.05, 4.69) is 22.5 Å². The van der Waals surface area contributed by atoms with Crippen molar-refractivity contribution in [3.63, 3.8) is 0 Å². The highest BCUT2D eigenvalue weighted by atomic mass is 16.5. The lowest BCUT2D eigenvalue weighted by molar-refractivity contribution is -0.911. The second-order valence-corrected chi connectivity index (χ2v) is 10.7. The highest BCUT2D eigenvalue weighted by Crippen LogP contribution is 2.37. The Morgan fingerprint density at radius 2 is 1.91 bits per heavy atom. The Labute approximate surface area is 206 Å². The van der Waals surface area contributed by atoms with Gasteiger partial charge in [-0.2, -0.15) is 5.10 Å². The lowest BCUT2D eigenvalue weighted by Crippen LogP contribution is -2.43. The molecule has 1 aromatic carbocycles. The number of aliphatic hydroxyl groups is 1. The van der Waals surface area contributed by atoms with Gasteiger partial charge in [0.15, 0.2) is 0 Å². The maximum atomic E-state index is 13.3. The van der Waals surface area contributed by atoms with Crippen LogP contribution in [-0.4, -0.2) is 44.7 Å². The maximum Gasteiger partial charge on any atom is 0.325 e. The lowest BCUT2D eigenvalue weighted by Gasteiger charge is -2.33. The van der Waals surface area contributed by atoms with Crippen LogP contribution in [0.3, 0.4) is 0 Å². The summed E-state index contributed by atoms with van der Waals surface area (Å²) in [6.45, 7) is 7.75. The Balaban J connectivity index is 1.48. The zero-order valence-corrected chi connectivity index (χ0v) is 20.9.